The molecule has 3 aromatic rings. The van der Waals surface area contributed by atoms with E-state index in [-0.39, 0.29) is 12.4 Å². The number of nitrogens with one attached hydrogen (secondary N) is 1. The molecule has 0 saturated heterocycles. The molecule has 0 fully saturated rings. The van der Waals surface area contributed by atoms with Crippen LogP contribution in [0.25, 0.3) is 10.8 Å². The highest BCUT2D eigenvalue weighted by atomic mass is 16.5. The number of rotatable bonds is 4. The summed E-state index contributed by atoms with van der Waals surface area (Å²) >= 11 is 0. The first-order valence-electron chi connectivity index (χ1n) is 8.78. The Hall–Kier alpha value is -3.34. The molecular weight excluding hydrogens is 342 g/mol. The number of anilines is 1. The Balaban J connectivity index is 1.92. The van der Waals surface area contributed by atoms with Gasteiger partial charge < -0.3 is 14.8 Å². The number of ether oxygens (including phenoxy) is 2. The van der Waals surface area contributed by atoms with Crippen molar-refractivity contribution in [2.45, 2.75) is 12.5 Å². The van der Waals surface area contributed by atoms with Crippen LogP contribution < -0.4 is 10.1 Å². The molecule has 0 aromatic heterocycles. The Morgan fingerprint density at radius 3 is 2.48 bits per heavy atom. The average Bonchev–Trinajstić information content (AvgIpc) is 3.02. The monoisotopic (exact) mass is 361 g/mol. The third kappa shape index (κ3) is 2.46. The molecular formula is C22H19NO4. The molecule has 1 aliphatic heterocycles. The normalized spacial score (nSPS) is 18.1. The molecule has 1 N–H and O–H groups in total. The molecule has 136 valence electrons. The minimum atomic E-state index is -1.60. The predicted molar refractivity (Wildman–Crippen MR) is 103 cm³/mol. The fraction of sp³-hybridized carbons (Fsp3) is 0.182. The third-order valence-electron chi connectivity index (χ3n) is 4.93. The molecule has 0 amide bonds. The van der Waals surface area contributed by atoms with Gasteiger partial charge in [0.15, 0.2) is 0 Å². The lowest BCUT2D eigenvalue weighted by molar-refractivity contribution is -0.146. The van der Waals surface area contributed by atoms with E-state index in [0.29, 0.717) is 22.6 Å². The predicted octanol–water partition coefficient (Wildman–Crippen LogP) is 3.92. The van der Waals surface area contributed by atoms with Crippen LogP contribution in [0.4, 0.5) is 5.69 Å². The van der Waals surface area contributed by atoms with E-state index in [1.54, 1.807) is 44.4 Å². The number of esters is 1. The minimum absolute atomic E-state index is 0.183. The number of methoxy groups -OCH3 is 1. The summed E-state index contributed by atoms with van der Waals surface area (Å²) in [6.45, 7) is 1.91. The summed E-state index contributed by atoms with van der Waals surface area (Å²) in [6, 6.07) is 18.3. The van der Waals surface area contributed by atoms with Crippen LogP contribution in [0.3, 0.4) is 0 Å². The Labute approximate surface area is 156 Å². The smallest absolute Gasteiger partial charge is 0.344 e. The molecule has 1 atom stereocenters. The van der Waals surface area contributed by atoms with E-state index >= 15 is 0 Å². The van der Waals surface area contributed by atoms with Crippen molar-refractivity contribution in [2.24, 2.45) is 0 Å². The fourth-order valence-electron chi connectivity index (χ4n) is 3.59. The van der Waals surface area contributed by atoms with Crippen LogP contribution in [0.1, 0.15) is 22.8 Å². The van der Waals surface area contributed by atoms with E-state index < -0.39 is 11.5 Å². The van der Waals surface area contributed by atoms with Crippen LogP contribution in [0, 0.1) is 0 Å². The molecule has 5 heteroatoms. The number of carbonyl (C=O) groups excluding carboxylic acids is 2. The van der Waals surface area contributed by atoms with Gasteiger partial charge in [-0.1, -0.05) is 42.5 Å². The highest BCUT2D eigenvalue weighted by Gasteiger charge is 2.54. The molecule has 4 rings (SSSR count). The lowest BCUT2D eigenvalue weighted by atomic mass is 9.85. The van der Waals surface area contributed by atoms with Crippen molar-refractivity contribution >= 4 is 28.2 Å². The first-order chi connectivity index (χ1) is 13.1. The number of carbonyl (C=O) groups is 2. The van der Waals surface area contributed by atoms with Crippen molar-refractivity contribution in [3.63, 3.8) is 0 Å². The van der Waals surface area contributed by atoms with Gasteiger partial charge in [-0.05, 0) is 36.1 Å². The van der Waals surface area contributed by atoms with Gasteiger partial charge in [0.25, 0.3) is 0 Å². The Kier molecular flexibility index (Phi) is 4.07. The second kappa shape index (κ2) is 6.43. The van der Waals surface area contributed by atoms with Crippen molar-refractivity contribution in [3.05, 3.63) is 71.8 Å². The van der Waals surface area contributed by atoms with Crippen LogP contribution >= 0.6 is 0 Å². The molecule has 0 saturated carbocycles. The third-order valence-corrected chi connectivity index (χ3v) is 4.93. The van der Waals surface area contributed by atoms with Crippen LogP contribution in [0.5, 0.6) is 5.75 Å². The number of ketones is 1. The Morgan fingerprint density at radius 1 is 1.04 bits per heavy atom. The first kappa shape index (κ1) is 17.1. The summed E-state index contributed by atoms with van der Waals surface area (Å²) < 4.78 is 10.5. The van der Waals surface area contributed by atoms with Gasteiger partial charge >= 0.3 is 5.97 Å². The maximum Gasteiger partial charge on any atom is 0.344 e. The van der Waals surface area contributed by atoms with Gasteiger partial charge in [0.05, 0.1) is 19.4 Å². The van der Waals surface area contributed by atoms with E-state index in [2.05, 4.69) is 5.32 Å². The first-order valence-corrected chi connectivity index (χ1v) is 8.78. The van der Waals surface area contributed by atoms with Crippen LogP contribution in [0.2, 0.25) is 0 Å². The average molecular weight is 361 g/mol. The number of hydrogen-bond acceptors (Lipinski definition) is 5. The van der Waals surface area contributed by atoms with E-state index in [0.717, 1.165) is 10.8 Å². The van der Waals surface area contributed by atoms with Gasteiger partial charge in [-0.2, -0.15) is 0 Å². The molecule has 0 radical (unpaired) electrons. The SMILES string of the molecule is CCOC(=O)[C@]1(c2ccc(OC)cc2)Nc2c(ccc3ccccc23)C1=O. The van der Waals surface area contributed by atoms with Gasteiger partial charge in [0.2, 0.25) is 11.3 Å². The zero-order valence-corrected chi connectivity index (χ0v) is 15.1. The van der Waals surface area contributed by atoms with Crippen molar-refractivity contribution < 1.29 is 19.1 Å². The van der Waals surface area contributed by atoms with E-state index in [4.69, 9.17) is 9.47 Å². The molecule has 5 nitrogen and oxygen atoms in total. The second-order valence-corrected chi connectivity index (χ2v) is 6.36. The Bertz CT molecular complexity index is 1040. The number of benzene rings is 3. The zero-order chi connectivity index (χ0) is 19.0. The van der Waals surface area contributed by atoms with Gasteiger partial charge in [-0.3, -0.25) is 4.79 Å². The Morgan fingerprint density at radius 2 is 1.78 bits per heavy atom. The summed E-state index contributed by atoms with van der Waals surface area (Å²) in [5.74, 6) is -0.279. The number of fused-ring (bicyclic) bond motifs is 3. The van der Waals surface area contributed by atoms with E-state index in [9.17, 15) is 9.59 Å². The summed E-state index contributed by atoms with van der Waals surface area (Å²) in [7, 11) is 1.57. The maximum atomic E-state index is 13.4. The second-order valence-electron chi connectivity index (χ2n) is 6.36. The molecule has 0 unspecified atom stereocenters. The summed E-state index contributed by atoms with van der Waals surface area (Å²) in [4.78, 5) is 26.4. The molecule has 27 heavy (non-hydrogen) atoms. The summed E-state index contributed by atoms with van der Waals surface area (Å²) in [5.41, 5.74) is 0.0564. The largest absolute Gasteiger partial charge is 0.497 e. The van der Waals surface area contributed by atoms with Crippen molar-refractivity contribution in [3.8, 4) is 5.75 Å². The zero-order valence-electron chi connectivity index (χ0n) is 15.1. The highest BCUT2D eigenvalue weighted by Crippen LogP contribution is 2.44. The fourth-order valence-corrected chi connectivity index (χ4v) is 3.59. The summed E-state index contributed by atoms with van der Waals surface area (Å²) in [6.07, 6.45) is 0. The van der Waals surface area contributed by atoms with E-state index in [1.807, 2.05) is 30.3 Å². The minimum Gasteiger partial charge on any atom is -0.497 e. The quantitative estimate of drug-likeness (QED) is 0.564. The highest BCUT2D eigenvalue weighted by molar-refractivity contribution is 6.27. The molecule has 1 aliphatic rings. The van der Waals surface area contributed by atoms with Gasteiger partial charge in [0, 0.05) is 10.9 Å². The van der Waals surface area contributed by atoms with Gasteiger partial charge in [-0.25, -0.2) is 4.79 Å². The molecule has 0 spiro atoms. The lowest BCUT2D eigenvalue weighted by Gasteiger charge is -2.27. The van der Waals surface area contributed by atoms with Crippen LogP contribution in [-0.2, 0) is 15.1 Å². The van der Waals surface area contributed by atoms with Crippen LogP contribution in [0.15, 0.2) is 60.7 Å². The summed E-state index contributed by atoms with van der Waals surface area (Å²) in [5, 5.41) is 5.10. The maximum absolute atomic E-state index is 13.4. The van der Waals surface area contributed by atoms with Gasteiger partial charge in [0.1, 0.15) is 5.75 Å². The lowest BCUT2D eigenvalue weighted by Crippen LogP contribution is -2.47. The van der Waals surface area contributed by atoms with Gasteiger partial charge in [-0.15, -0.1) is 0 Å². The van der Waals surface area contributed by atoms with Crippen molar-refractivity contribution in [1.82, 2.24) is 0 Å². The molecule has 0 bridgehead atoms. The van der Waals surface area contributed by atoms with E-state index in [1.165, 1.54) is 0 Å². The van der Waals surface area contributed by atoms with Crippen molar-refractivity contribution in [1.29, 1.82) is 0 Å². The number of hydrogen-bond donors (Lipinski definition) is 1. The topological polar surface area (TPSA) is 64.6 Å². The van der Waals surface area contributed by atoms with Crippen molar-refractivity contribution in [2.75, 3.05) is 19.0 Å². The molecule has 0 aliphatic carbocycles. The van der Waals surface area contributed by atoms with Crippen LogP contribution in [-0.4, -0.2) is 25.5 Å². The molecule has 1 heterocycles. The number of Topliss-reactive ketones (excluding diaryl/α,β-unsaturated/α-hetero) is 1. The standard InChI is InChI=1S/C22H19NO4/c1-3-27-21(25)22(15-9-11-16(26-2)12-10-15)20(24)18-13-8-14-6-4-5-7-17(14)19(18)23-22/h4-13,23H,3H2,1-2H3/t22-/m1/s1. The molecule has 3 aromatic carbocycles.